The Bertz CT molecular complexity index is 366. The standard InChI is InChI=1S/C8H8Cl3N3S/c1-15-8(14-12)13-7-5(10)2-4(9)3-6(7)11/h2-3H,12H2,1H3,(H,13,14). The van der Waals surface area contributed by atoms with E-state index in [1.54, 1.807) is 12.1 Å². The summed E-state index contributed by atoms with van der Waals surface area (Å²) in [7, 11) is 0. The van der Waals surface area contributed by atoms with Crippen molar-refractivity contribution in [1.29, 1.82) is 0 Å². The summed E-state index contributed by atoms with van der Waals surface area (Å²) in [6, 6.07) is 3.14. The van der Waals surface area contributed by atoms with E-state index in [0.717, 1.165) is 0 Å². The van der Waals surface area contributed by atoms with Crippen LogP contribution in [0.3, 0.4) is 0 Å². The predicted octanol–water partition coefficient (Wildman–Crippen LogP) is 3.46. The number of nitrogens with one attached hydrogen (secondary N) is 1. The molecule has 0 amide bonds. The van der Waals surface area contributed by atoms with Crippen LogP contribution in [-0.2, 0) is 0 Å². The van der Waals surface area contributed by atoms with Gasteiger partial charge in [0.1, 0.15) is 5.69 Å². The Morgan fingerprint density at radius 1 is 1.33 bits per heavy atom. The summed E-state index contributed by atoms with van der Waals surface area (Å²) in [6.07, 6.45) is 1.83. The second-order valence-electron chi connectivity index (χ2n) is 2.48. The Labute approximate surface area is 107 Å². The van der Waals surface area contributed by atoms with E-state index in [9.17, 15) is 0 Å². The molecule has 1 aromatic rings. The highest BCUT2D eigenvalue weighted by Gasteiger charge is 2.07. The maximum absolute atomic E-state index is 5.94. The average Bonchev–Trinajstić information content (AvgIpc) is 2.17. The predicted molar refractivity (Wildman–Crippen MR) is 69.4 cm³/mol. The van der Waals surface area contributed by atoms with Crippen LogP contribution in [0.25, 0.3) is 0 Å². The van der Waals surface area contributed by atoms with Crippen LogP contribution >= 0.6 is 46.6 Å². The van der Waals surface area contributed by atoms with Crippen molar-refractivity contribution < 1.29 is 0 Å². The van der Waals surface area contributed by atoms with Crippen LogP contribution in [0.15, 0.2) is 17.1 Å². The number of hydrogen-bond acceptors (Lipinski definition) is 3. The number of hydrogen-bond donors (Lipinski definition) is 2. The number of hydrazine groups is 1. The highest BCUT2D eigenvalue weighted by atomic mass is 35.5. The van der Waals surface area contributed by atoms with Crippen LogP contribution in [0.4, 0.5) is 5.69 Å². The topological polar surface area (TPSA) is 50.4 Å². The van der Waals surface area contributed by atoms with Crippen LogP contribution in [0.5, 0.6) is 0 Å². The molecular weight excluding hydrogens is 277 g/mol. The molecule has 1 rings (SSSR count). The number of halogens is 3. The molecule has 7 heteroatoms. The SMILES string of the molecule is CSC(=Nc1c(Cl)cc(Cl)cc1Cl)NN. The highest BCUT2D eigenvalue weighted by Crippen LogP contribution is 2.36. The van der Waals surface area contributed by atoms with Gasteiger partial charge in [0.15, 0.2) is 5.17 Å². The van der Waals surface area contributed by atoms with Crippen molar-refractivity contribution in [3.05, 3.63) is 27.2 Å². The number of nitrogens with zero attached hydrogens (tertiary/aromatic N) is 1. The Morgan fingerprint density at radius 2 is 1.87 bits per heavy atom. The lowest BCUT2D eigenvalue weighted by atomic mass is 10.3. The van der Waals surface area contributed by atoms with E-state index in [-0.39, 0.29) is 0 Å². The third-order valence-electron chi connectivity index (χ3n) is 1.51. The first-order valence-corrected chi connectivity index (χ1v) is 6.18. The minimum absolute atomic E-state index is 0.384. The van der Waals surface area contributed by atoms with E-state index in [4.69, 9.17) is 40.6 Å². The van der Waals surface area contributed by atoms with E-state index in [0.29, 0.717) is 25.9 Å². The van der Waals surface area contributed by atoms with Crippen molar-refractivity contribution in [2.24, 2.45) is 10.8 Å². The number of aliphatic imine (C=N–C) groups is 1. The minimum atomic E-state index is 0.384. The molecule has 15 heavy (non-hydrogen) atoms. The minimum Gasteiger partial charge on any atom is -0.303 e. The molecule has 0 spiro atoms. The highest BCUT2D eigenvalue weighted by molar-refractivity contribution is 8.13. The second-order valence-corrected chi connectivity index (χ2v) is 4.53. The van der Waals surface area contributed by atoms with Gasteiger partial charge in [0.25, 0.3) is 0 Å². The summed E-state index contributed by atoms with van der Waals surface area (Å²) < 4.78 is 0. The van der Waals surface area contributed by atoms with Crippen molar-refractivity contribution in [3.63, 3.8) is 0 Å². The van der Waals surface area contributed by atoms with Crippen molar-refractivity contribution in [3.8, 4) is 0 Å². The van der Waals surface area contributed by atoms with E-state index in [1.165, 1.54) is 11.8 Å². The number of amidine groups is 1. The van der Waals surface area contributed by atoms with Gasteiger partial charge in [-0.3, -0.25) is 0 Å². The van der Waals surface area contributed by atoms with Crippen molar-refractivity contribution in [2.75, 3.05) is 6.26 Å². The zero-order chi connectivity index (χ0) is 11.4. The van der Waals surface area contributed by atoms with Crippen molar-refractivity contribution in [1.82, 2.24) is 5.43 Å². The Hall–Kier alpha value is -0.130. The first kappa shape index (κ1) is 12.9. The zero-order valence-corrected chi connectivity index (χ0v) is 10.8. The fraction of sp³-hybridized carbons (Fsp3) is 0.125. The van der Waals surface area contributed by atoms with Gasteiger partial charge in [-0.1, -0.05) is 46.6 Å². The maximum Gasteiger partial charge on any atom is 0.175 e. The van der Waals surface area contributed by atoms with E-state index < -0.39 is 0 Å². The average molecular weight is 285 g/mol. The Kier molecular flexibility index (Phi) is 5.02. The lowest BCUT2D eigenvalue weighted by molar-refractivity contribution is 1.05. The Morgan fingerprint density at radius 3 is 2.27 bits per heavy atom. The molecule has 0 atom stereocenters. The zero-order valence-electron chi connectivity index (χ0n) is 7.72. The molecule has 0 heterocycles. The van der Waals surface area contributed by atoms with Gasteiger partial charge in [0.2, 0.25) is 0 Å². The molecule has 0 radical (unpaired) electrons. The Balaban J connectivity index is 3.20. The summed E-state index contributed by atoms with van der Waals surface area (Å²) in [5, 5.41) is 1.75. The molecule has 0 aromatic heterocycles. The normalized spacial score (nSPS) is 11.7. The quantitative estimate of drug-likeness (QED) is 0.359. The first-order valence-electron chi connectivity index (χ1n) is 3.82. The third-order valence-corrected chi connectivity index (χ3v) is 2.90. The fourth-order valence-electron chi connectivity index (χ4n) is 0.880. The fourth-order valence-corrected chi connectivity index (χ4v) is 2.08. The molecule has 3 nitrogen and oxygen atoms in total. The molecule has 0 bridgehead atoms. The molecule has 82 valence electrons. The number of nitrogens with two attached hydrogens (primary N) is 1. The summed E-state index contributed by atoms with van der Waals surface area (Å²) in [5.41, 5.74) is 2.88. The molecule has 3 N–H and O–H groups in total. The van der Waals surface area contributed by atoms with Gasteiger partial charge < -0.3 is 5.43 Å². The van der Waals surface area contributed by atoms with Gasteiger partial charge in [-0.25, -0.2) is 10.8 Å². The molecule has 0 saturated carbocycles. The van der Waals surface area contributed by atoms with Gasteiger partial charge in [0, 0.05) is 5.02 Å². The molecular formula is C8H8Cl3N3S. The van der Waals surface area contributed by atoms with Crippen LogP contribution in [0, 0.1) is 0 Å². The lowest BCUT2D eigenvalue weighted by Gasteiger charge is -2.05. The van der Waals surface area contributed by atoms with E-state index >= 15 is 0 Å². The van der Waals surface area contributed by atoms with Crippen LogP contribution < -0.4 is 11.3 Å². The lowest BCUT2D eigenvalue weighted by Crippen LogP contribution is -2.27. The van der Waals surface area contributed by atoms with Gasteiger partial charge in [-0.05, 0) is 18.4 Å². The molecule has 1 aromatic carbocycles. The third kappa shape index (κ3) is 3.43. The molecule has 0 aliphatic carbocycles. The maximum atomic E-state index is 5.94. The molecule has 0 unspecified atom stereocenters. The summed E-state index contributed by atoms with van der Waals surface area (Å²) in [5.74, 6) is 5.25. The van der Waals surface area contributed by atoms with Gasteiger partial charge in [-0.2, -0.15) is 0 Å². The van der Waals surface area contributed by atoms with Crippen molar-refractivity contribution in [2.45, 2.75) is 0 Å². The van der Waals surface area contributed by atoms with Crippen LogP contribution in [0.1, 0.15) is 0 Å². The van der Waals surface area contributed by atoms with Gasteiger partial charge in [0.05, 0.1) is 10.0 Å². The van der Waals surface area contributed by atoms with E-state index in [1.807, 2.05) is 6.26 Å². The molecule has 0 aliphatic rings. The number of rotatable bonds is 1. The van der Waals surface area contributed by atoms with Crippen molar-refractivity contribution >= 4 is 57.4 Å². The molecule has 0 saturated heterocycles. The molecule has 0 aliphatic heterocycles. The van der Waals surface area contributed by atoms with E-state index in [2.05, 4.69) is 10.4 Å². The van der Waals surface area contributed by atoms with Gasteiger partial charge in [-0.15, -0.1) is 0 Å². The summed E-state index contributed by atoms with van der Waals surface area (Å²) in [4.78, 5) is 4.16. The van der Waals surface area contributed by atoms with Gasteiger partial charge >= 0.3 is 0 Å². The summed E-state index contributed by atoms with van der Waals surface area (Å²) in [6.45, 7) is 0. The monoisotopic (exact) mass is 283 g/mol. The first-order chi connectivity index (χ1) is 7.08. The van der Waals surface area contributed by atoms with Crippen LogP contribution in [-0.4, -0.2) is 11.4 Å². The van der Waals surface area contributed by atoms with Crippen LogP contribution in [0.2, 0.25) is 15.1 Å². The smallest absolute Gasteiger partial charge is 0.175 e. The number of benzene rings is 1. The summed E-state index contributed by atoms with van der Waals surface area (Å²) >= 11 is 19.0. The largest absolute Gasteiger partial charge is 0.303 e. The molecule has 0 fully saturated rings. The second kappa shape index (κ2) is 5.82. The number of thioether (sulfide) groups is 1.